The minimum atomic E-state index is -3.93. The van der Waals surface area contributed by atoms with E-state index < -0.39 is 15.9 Å². The quantitative estimate of drug-likeness (QED) is 0.751. The maximum Gasteiger partial charge on any atom is 0.272 e. The first kappa shape index (κ1) is 20.3. The number of fused-ring (bicyclic) bond motifs is 1. The van der Waals surface area contributed by atoms with Gasteiger partial charge in [-0.3, -0.25) is 9.10 Å². The number of benzene rings is 1. The Balaban J connectivity index is 2.54. The molecule has 0 bridgehead atoms. The van der Waals surface area contributed by atoms with Gasteiger partial charge in [0.25, 0.3) is 15.9 Å². The number of nitrogens with zero attached hydrogens (tertiary/aromatic N) is 2. The smallest absolute Gasteiger partial charge is 0.272 e. The number of nitrogens with one attached hydrogen (secondary N) is 1. The molecule has 0 radical (unpaired) electrons. The lowest BCUT2D eigenvalue weighted by Gasteiger charge is -2.33. The van der Waals surface area contributed by atoms with Gasteiger partial charge >= 0.3 is 0 Å². The number of amides is 1. The topological polar surface area (TPSA) is 89.9 Å². The van der Waals surface area contributed by atoms with E-state index in [-0.39, 0.29) is 34.5 Å². The van der Waals surface area contributed by atoms with Crippen molar-refractivity contribution >= 4 is 21.7 Å². The molecule has 0 saturated heterocycles. The summed E-state index contributed by atoms with van der Waals surface area (Å²) in [6.07, 6.45) is 0. The maximum absolute atomic E-state index is 13.1. The maximum atomic E-state index is 13.1. The number of hydrogen-bond acceptors (Lipinski definition) is 5. The number of likely N-dealkylation sites (N-methyl/N-ethyl adjacent to an activating group) is 1. The van der Waals surface area contributed by atoms with Gasteiger partial charge in [-0.05, 0) is 39.1 Å². The van der Waals surface area contributed by atoms with Gasteiger partial charge < -0.3 is 15.3 Å². The summed E-state index contributed by atoms with van der Waals surface area (Å²) in [6, 6.07) is 6.00. The van der Waals surface area contributed by atoms with E-state index in [1.165, 1.54) is 12.1 Å². The molecule has 1 aliphatic rings. The third kappa shape index (κ3) is 3.86. The Bertz CT molecular complexity index is 798. The molecule has 144 valence electrons. The zero-order valence-electron chi connectivity index (χ0n) is 15.7. The standard InChI is InChI=1S/C18H27N3O4S/c1-5-20(6-2)11-12-21-16(18(23)19-13(3)4)17(22)14-9-7-8-10-15(14)26(21,24)25/h7-10,13,22H,5-6,11-12H2,1-4H3,(H,19,23). The van der Waals surface area contributed by atoms with Crippen LogP contribution in [-0.2, 0) is 14.8 Å². The van der Waals surface area contributed by atoms with E-state index in [1.807, 2.05) is 13.8 Å². The molecule has 7 nitrogen and oxygen atoms in total. The molecule has 0 aromatic heterocycles. The molecule has 1 aliphatic heterocycles. The Morgan fingerprint density at radius 2 is 1.85 bits per heavy atom. The molecule has 0 unspecified atom stereocenters. The van der Waals surface area contributed by atoms with Crippen LogP contribution in [-0.4, -0.2) is 60.9 Å². The van der Waals surface area contributed by atoms with Crippen LogP contribution in [0, 0.1) is 0 Å². The second-order valence-corrected chi connectivity index (χ2v) is 8.26. The summed E-state index contributed by atoms with van der Waals surface area (Å²) >= 11 is 0. The zero-order chi connectivity index (χ0) is 19.5. The minimum Gasteiger partial charge on any atom is -0.505 e. The number of carbonyl (C=O) groups excluding carboxylic acids is 1. The molecular weight excluding hydrogens is 354 g/mol. The van der Waals surface area contributed by atoms with E-state index in [4.69, 9.17) is 0 Å². The van der Waals surface area contributed by atoms with Crippen LogP contribution in [0.1, 0.15) is 33.3 Å². The Hall–Kier alpha value is -2.06. The van der Waals surface area contributed by atoms with Gasteiger partial charge in [-0.25, -0.2) is 8.42 Å². The van der Waals surface area contributed by atoms with Crippen molar-refractivity contribution in [1.82, 2.24) is 14.5 Å². The van der Waals surface area contributed by atoms with Gasteiger partial charge in [0, 0.05) is 24.7 Å². The average Bonchev–Trinajstić information content (AvgIpc) is 2.59. The van der Waals surface area contributed by atoms with Crippen LogP contribution in [0.25, 0.3) is 5.76 Å². The van der Waals surface area contributed by atoms with E-state index in [0.717, 1.165) is 17.4 Å². The highest BCUT2D eigenvalue weighted by atomic mass is 32.2. The molecule has 0 atom stereocenters. The van der Waals surface area contributed by atoms with Crippen LogP contribution in [0.3, 0.4) is 0 Å². The molecule has 0 fully saturated rings. The highest BCUT2D eigenvalue weighted by Gasteiger charge is 2.39. The molecule has 1 aromatic rings. The van der Waals surface area contributed by atoms with Crippen LogP contribution >= 0.6 is 0 Å². The van der Waals surface area contributed by atoms with Gasteiger partial charge in [-0.2, -0.15) is 0 Å². The normalized spacial score (nSPS) is 16.2. The second kappa shape index (κ2) is 8.09. The first-order chi connectivity index (χ1) is 12.2. The Kier molecular flexibility index (Phi) is 6.30. The van der Waals surface area contributed by atoms with Crippen LogP contribution in [0.5, 0.6) is 0 Å². The Morgan fingerprint density at radius 1 is 1.23 bits per heavy atom. The van der Waals surface area contributed by atoms with Crippen LogP contribution in [0.2, 0.25) is 0 Å². The molecular formula is C18H27N3O4S. The van der Waals surface area contributed by atoms with Crippen molar-refractivity contribution in [3.05, 3.63) is 35.5 Å². The highest BCUT2D eigenvalue weighted by Crippen LogP contribution is 2.35. The van der Waals surface area contributed by atoms with Gasteiger partial charge in [0.15, 0.2) is 11.5 Å². The first-order valence-corrected chi connectivity index (χ1v) is 10.3. The van der Waals surface area contributed by atoms with E-state index in [9.17, 15) is 18.3 Å². The average molecular weight is 381 g/mol. The van der Waals surface area contributed by atoms with Gasteiger partial charge in [-0.15, -0.1) is 0 Å². The molecule has 1 amide bonds. The Morgan fingerprint density at radius 3 is 2.42 bits per heavy atom. The number of carbonyl (C=O) groups is 1. The van der Waals surface area contributed by atoms with Gasteiger partial charge in [0.2, 0.25) is 0 Å². The zero-order valence-corrected chi connectivity index (χ0v) is 16.5. The molecule has 1 aromatic carbocycles. The van der Waals surface area contributed by atoms with Crippen LogP contribution < -0.4 is 5.32 Å². The van der Waals surface area contributed by atoms with E-state index >= 15 is 0 Å². The van der Waals surface area contributed by atoms with Crippen molar-refractivity contribution in [3.63, 3.8) is 0 Å². The molecule has 2 N–H and O–H groups in total. The Labute approximate surface area is 155 Å². The third-order valence-electron chi connectivity index (χ3n) is 4.33. The molecule has 1 heterocycles. The fraction of sp³-hybridized carbons (Fsp3) is 0.500. The molecule has 26 heavy (non-hydrogen) atoms. The highest BCUT2D eigenvalue weighted by molar-refractivity contribution is 7.89. The molecule has 8 heteroatoms. The summed E-state index contributed by atoms with van der Waals surface area (Å²) in [7, 11) is -3.93. The van der Waals surface area contributed by atoms with Crippen LogP contribution in [0.4, 0.5) is 0 Å². The summed E-state index contributed by atoms with van der Waals surface area (Å²) in [5.74, 6) is -0.914. The summed E-state index contributed by atoms with van der Waals surface area (Å²) in [6.45, 7) is 9.62. The van der Waals surface area contributed by atoms with Crippen molar-refractivity contribution in [2.75, 3.05) is 26.2 Å². The number of hydrogen-bond donors (Lipinski definition) is 2. The predicted octanol–water partition coefficient (Wildman–Crippen LogP) is 1.78. The monoisotopic (exact) mass is 381 g/mol. The minimum absolute atomic E-state index is 0.0122. The lowest BCUT2D eigenvalue weighted by molar-refractivity contribution is -0.119. The summed E-state index contributed by atoms with van der Waals surface area (Å²) < 4.78 is 27.3. The van der Waals surface area contributed by atoms with E-state index in [2.05, 4.69) is 10.2 Å². The van der Waals surface area contributed by atoms with Crippen molar-refractivity contribution in [1.29, 1.82) is 0 Å². The van der Waals surface area contributed by atoms with Crippen molar-refractivity contribution < 1.29 is 18.3 Å². The number of aliphatic hydroxyl groups excluding tert-OH is 1. The molecule has 0 saturated carbocycles. The fourth-order valence-electron chi connectivity index (χ4n) is 2.93. The molecule has 0 spiro atoms. The lowest BCUT2D eigenvalue weighted by atomic mass is 10.1. The second-order valence-electron chi connectivity index (χ2n) is 6.43. The number of aliphatic hydroxyl groups is 1. The largest absolute Gasteiger partial charge is 0.505 e. The third-order valence-corrected chi connectivity index (χ3v) is 6.19. The van der Waals surface area contributed by atoms with Crippen molar-refractivity contribution in [3.8, 4) is 0 Å². The number of sulfonamides is 1. The van der Waals surface area contributed by atoms with Crippen LogP contribution in [0.15, 0.2) is 34.9 Å². The number of rotatable bonds is 7. The summed E-state index contributed by atoms with van der Waals surface area (Å²) in [4.78, 5) is 14.7. The van der Waals surface area contributed by atoms with E-state index in [0.29, 0.717) is 6.54 Å². The predicted molar refractivity (Wildman–Crippen MR) is 101 cm³/mol. The van der Waals surface area contributed by atoms with Gasteiger partial charge in [-0.1, -0.05) is 26.0 Å². The van der Waals surface area contributed by atoms with Crippen molar-refractivity contribution in [2.24, 2.45) is 0 Å². The molecule has 0 aliphatic carbocycles. The fourth-order valence-corrected chi connectivity index (χ4v) is 4.59. The summed E-state index contributed by atoms with van der Waals surface area (Å²) in [5.41, 5.74) is -0.0648. The van der Waals surface area contributed by atoms with Crippen molar-refractivity contribution in [2.45, 2.75) is 38.6 Å². The molecule has 2 rings (SSSR count). The lowest BCUT2D eigenvalue weighted by Crippen LogP contribution is -2.46. The first-order valence-electron chi connectivity index (χ1n) is 8.82. The van der Waals surface area contributed by atoms with Gasteiger partial charge in [0.05, 0.1) is 4.90 Å². The summed E-state index contributed by atoms with van der Waals surface area (Å²) in [5, 5.41) is 13.4. The van der Waals surface area contributed by atoms with E-state index in [1.54, 1.807) is 26.0 Å². The SMILES string of the molecule is CCN(CC)CCN1C(C(=O)NC(C)C)=C(O)c2ccccc2S1(=O)=O. The van der Waals surface area contributed by atoms with Gasteiger partial charge in [0.1, 0.15) is 0 Å².